The minimum atomic E-state index is 0.611. The molecular formula is C22H20N2OS. The molecule has 0 saturated heterocycles. The van der Waals surface area contributed by atoms with Gasteiger partial charge in [0.05, 0.1) is 5.69 Å². The molecule has 0 atom stereocenters. The number of hydrogen-bond donors (Lipinski definition) is 0. The smallest absolute Gasteiger partial charge is 0.195 e. The maximum Gasteiger partial charge on any atom is 0.195 e. The lowest BCUT2D eigenvalue weighted by molar-refractivity contribution is 0.111. The molecule has 2 heterocycles. The third-order valence-electron chi connectivity index (χ3n) is 4.95. The second-order valence-corrected chi connectivity index (χ2v) is 7.66. The van der Waals surface area contributed by atoms with Crippen LogP contribution in [0.2, 0.25) is 0 Å². The van der Waals surface area contributed by atoms with E-state index in [1.165, 1.54) is 22.3 Å². The van der Waals surface area contributed by atoms with Gasteiger partial charge in [-0.2, -0.15) is 0 Å². The van der Waals surface area contributed by atoms with Crippen LogP contribution in [0.3, 0.4) is 0 Å². The van der Waals surface area contributed by atoms with Crippen molar-refractivity contribution in [1.29, 1.82) is 0 Å². The summed E-state index contributed by atoms with van der Waals surface area (Å²) in [5, 5.41) is 2.08. The highest BCUT2D eigenvalue weighted by Crippen LogP contribution is 2.34. The monoisotopic (exact) mass is 360 g/mol. The van der Waals surface area contributed by atoms with E-state index in [1.54, 1.807) is 11.3 Å². The standard InChI is InChI=1S/C22H20N2OS/c1-13-5-8-18(16(4)9-13)20-12-26-22-23-21(19(11-25)24(20)22)17-7-6-14(2)15(3)10-17/h5-12H,1-4H3. The number of thiazole rings is 1. The molecule has 0 saturated carbocycles. The topological polar surface area (TPSA) is 34.4 Å². The van der Waals surface area contributed by atoms with Crippen LogP contribution in [-0.4, -0.2) is 15.7 Å². The maximum atomic E-state index is 12.0. The molecule has 0 aliphatic carbocycles. The van der Waals surface area contributed by atoms with Gasteiger partial charge in [0.25, 0.3) is 0 Å². The van der Waals surface area contributed by atoms with Crippen molar-refractivity contribution >= 4 is 22.6 Å². The average molecular weight is 360 g/mol. The van der Waals surface area contributed by atoms with Gasteiger partial charge >= 0.3 is 0 Å². The molecule has 0 N–H and O–H groups in total. The first kappa shape index (κ1) is 16.7. The van der Waals surface area contributed by atoms with Gasteiger partial charge in [-0.3, -0.25) is 9.20 Å². The summed E-state index contributed by atoms with van der Waals surface area (Å²) in [6.45, 7) is 8.36. The van der Waals surface area contributed by atoms with Crippen LogP contribution in [0.15, 0.2) is 41.8 Å². The van der Waals surface area contributed by atoms with E-state index in [9.17, 15) is 4.79 Å². The molecule has 0 amide bonds. The molecule has 0 bridgehead atoms. The predicted molar refractivity (Wildman–Crippen MR) is 108 cm³/mol. The Labute approximate surface area is 157 Å². The fraction of sp³-hybridized carbons (Fsp3) is 0.182. The fourth-order valence-corrected chi connectivity index (χ4v) is 4.28. The average Bonchev–Trinajstić information content (AvgIpc) is 3.16. The van der Waals surface area contributed by atoms with Crippen LogP contribution >= 0.6 is 11.3 Å². The zero-order valence-electron chi connectivity index (χ0n) is 15.3. The van der Waals surface area contributed by atoms with Gasteiger partial charge in [-0.25, -0.2) is 4.98 Å². The summed E-state index contributed by atoms with van der Waals surface area (Å²) in [4.78, 5) is 17.6. The Hall–Kier alpha value is -2.72. The predicted octanol–water partition coefficient (Wildman–Crippen LogP) is 5.78. The van der Waals surface area contributed by atoms with Crippen molar-refractivity contribution in [3.05, 3.63) is 69.7 Å². The summed E-state index contributed by atoms with van der Waals surface area (Å²) in [5.74, 6) is 0. The Morgan fingerprint density at radius 2 is 1.77 bits per heavy atom. The Morgan fingerprint density at radius 3 is 2.46 bits per heavy atom. The Bertz CT molecular complexity index is 1150. The number of aldehydes is 1. The largest absolute Gasteiger partial charge is 0.296 e. The summed E-state index contributed by atoms with van der Waals surface area (Å²) >= 11 is 1.57. The van der Waals surface area contributed by atoms with Gasteiger partial charge in [0.15, 0.2) is 11.2 Å². The molecule has 4 heteroatoms. The van der Waals surface area contributed by atoms with Crippen LogP contribution in [0, 0.1) is 27.7 Å². The minimum absolute atomic E-state index is 0.611. The van der Waals surface area contributed by atoms with Crippen LogP contribution in [-0.2, 0) is 0 Å². The van der Waals surface area contributed by atoms with E-state index in [1.807, 2.05) is 10.5 Å². The highest BCUT2D eigenvalue weighted by molar-refractivity contribution is 7.15. The Morgan fingerprint density at radius 1 is 0.962 bits per heavy atom. The molecule has 2 aromatic heterocycles. The lowest BCUT2D eigenvalue weighted by atomic mass is 10.0. The number of nitrogens with zero attached hydrogens (tertiary/aromatic N) is 2. The zero-order valence-corrected chi connectivity index (χ0v) is 16.1. The van der Waals surface area contributed by atoms with Crippen LogP contribution in [0.4, 0.5) is 0 Å². The van der Waals surface area contributed by atoms with Crippen molar-refractivity contribution < 1.29 is 4.79 Å². The first-order valence-corrected chi connectivity index (χ1v) is 9.48. The summed E-state index contributed by atoms with van der Waals surface area (Å²) in [7, 11) is 0. The molecule has 4 aromatic rings. The van der Waals surface area contributed by atoms with Crippen molar-refractivity contribution in [2.45, 2.75) is 27.7 Å². The van der Waals surface area contributed by atoms with E-state index >= 15 is 0 Å². The molecular weight excluding hydrogens is 340 g/mol. The van der Waals surface area contributed by atoms with E-state index in [0.29, 0.717) is 5.69 Å². The number of carbonyl (C=O) groups is 1. The summed E-state index contributed by atoms with van der Waals surface area (Å²) in [5.41, 5.74) is 9.36. The minimum Gasteiger partial charge on any atom is -0.296 e. The highest BCUT2D eigenvalue weighted by atomic mass is 32.1. The van der Waals surface area contributed by atoms with Crippen LogP contribution in [0.25, 0.3) is 27.5 Å². The first-order valence-electron chi connectivity index (χ1n) is 8.60. The third-order valence-corrected chi connectivity index (χ3v) is 5.77. The molecule has 4 rings (SSSR count). The highest BCUT2D eigenvalue weighted by Gasteiger charge is 2.19. The van der Waals surface area contributed by atoms with Crippen molar-refractivity contribution in [2.75, 3.05) is 0 Å². The van der Waals surface area contributed by atoms with Gasteiger partial charge in [0.1, 0.15) is 11.4 Å². The van der Waals surface area contributed by atoms with Gasteiger partial charge in [0.2, 0.25) is 0 Å². The molecule has 0 spiro atoms. The van der Waals surface area contributed by atoms with Crippen molar-refractivity contribution in [3.63, 3.8) is 0 Å². The molecule has 0 aliphatic heterocycles. The molecule has 2 aromatic carbocycles. The third kappa shape index (κ3) is 2.58. The second-order valence-electron chi connectivity index (χ2n) is 6.82. The van der Waals surface area contributed by atoms with E-state index in [2.05, 4.69) is 63.4 Å². The number of hydrogen-bond acceptors (Lipinski definition) is 3. The number of carbonyl (C=O) groups excluding carboxylic acids is 1. The SMILES string of the molecule is Cc1ccc(-c2csc3nc(-c4ccc(C)c(C)c4)c(C=O)n23)c(C)c1. The van der Waals surface area contributed by atoms with Gasteiger partial charge in [0, 0.05) is 16.5 Å². The lowest BCUT2D eigenvalue weighted by Gasteiger charge is -2.07. The number of aryl methyl sites for hydroxylation is 4. The number of benzene rings is 2. The summed E-state index contributed by atoms with van der Waals surface area (Å²) < 4.78 is 1.99. The Balaban J connectivity index is 1.97. The summed E-state index contributed by atoms with van der Waals surface area (Å²) in [6, 6.07) is 12.6. The summed E-state index contributed by atoms with van der Waals surface area (Å²) in [6.07, 6.45) is 0.921. The zero-order chi connectivity index (χ0) is 18.4. The van der Waals surface area contributed by atoms with E-state index in [0.717, 1.165) is 33.8 Å². The van der Waals surface area contributed by atoms with Crippen molar-refractivity contribution in [2.24, 2.45) is 0 Å². The number of rotatable bonds is 3. The molecule has 0 radical (unpaired) electrons. The van der Waals surface area contributed by atoms with E-state index in [-0.39, 0.29) is 0 Å². The fourth-order valence-electron chi connectivity index (χ4n) is 3.38. The van der Waals surface area contributed by atoms with Crippen LogP contribution in [0.5, 0.6) is 0 Å². The van der Waals surface area contributed by atoms with Gasteiger partial charge in [-0.05, 0) is 50.5 Å². The quantitative estimate of drug-likeness (QED) is 0.434. The van der Waals surface area contributed by atoms with Crippen LogP contribution in [0.1, 0.15) is 32.7 Å². The molecule has 130 valence electrons. The van der Waals surface area contributed by atoms with Crippen LogP contribution < -0.4 is 0 Å². The number of fused-ring (bicyclic) bond motifs is 1. The lowest BCUT2D eigenvalue weighted by Crippen LogP contribution is -1.96. The second kappa shape index (κ2) is 6.22. The Kier molecular flexibility index (Phi) is 4.00. The maximum absolute atomic E-state index is 12.0. The van der Waals surface area contributed by atoms with Crippen molar-refractivity contribution in [3.8, 4) is 22.5 Å². The van der Waals surface area contributed by atoms with Gasteiger partial charge < -0.3 is 0 Å². The van der Waals surface area contributed by atoms with E-state index in [4.69, 9.17) is 4.98 Å². The molecule has 0 fully saturated rings. The first-order chi connectivity index (χ1) is 12.5. The van der Waals surface area contributed by atoms with E-state index < -0.39 is 0 Å². The molecule has 0 aliphatic rings. The van der Waals surface area contributed by atoms with Gasteiger partial charge in [-0.1, -0.05) is 35.9 Å². The van der Waals surface area contributed by atoms with Crippen molar-refractivity contribution in [1.82, 2.24) is 9.38 Å². The number of imidazole rings is 1. The van der Waals surface area contributed by atoms with Gasteiger partial charge in [-0.15, -0.1) is 11.3 Å². The molecule has 3 nitrogen and oxygen atoms in total. The molecule has 0 unspecified atom stereocenters. The molecule has 26 heavy (non-hydrogen) atoms. The normalized spacial score (nSPS) is 11.2. The number of aromatic nitrogens is 2.